The number of benzene rings is 5. The molecule has 0 atom stereocenters. The minimum atomic E-state index is 0.637. The van der Waals surface area contributed by atoms with Crippen molar-refractivity contribution in [3.63, 3.8) is 0 Å². The summed E-state index contributed by atoms with van der Waals surface area (Å²) in [5.74, 6) is 0. The lowest BCUT2D eigenvalue weighted by atomic mass is 9.92. The summed E-state index contributed by atoms with van der Waals surface area (Å²) in [6.07, 6.45) is 6.16. The fourth-order valence-corrected chi connectivity index (χ4v) is 7.50. The van der Waals surface area contributed by atoms with Gasteiger partial charge in [0.05, 0.1) is 45.3 Å². The first-order chi connectivity index (χ1) is 22.0. The van der Waals surface area contributed by atoms with Crippen LogP contribution in [0.15, 0.2) is 150 Å². The van der Waals surface area contributed by atoms with Gasteiger partial charge in [-0.25, -0.2) is 0 Å². The molecule has 5 heteroatoms. The summed E-state index contributed by atoms with van der Waals surface area (Å²) in [6.45, 7) is 7.83. The molecule has 0 aliphatic carbocycles. The van der Waals surface area contributed by atoms with Crippen molar-refractivity contribution in [2.24, 2.45) is 17.3 Å². The van der Waals surface area contributed by atoms with Gasteiger partial charge in [-0.05, 0) is 88.0 Å². The molecule has 1 aliphatic rings. The minimum Gasteiger partial charge on any atom is -0.344 e. The third kappa shape index (κ3) is 4.49. The van der Waals surface area contributed by atoms with Gasteiger partial charge in [0.2, 0.25) is 0 Å². The fourth-order valence-electron chi connectivity index (χ4n) is 6.66. The van der Waals surface area contributed by atoms with Crippen LogP contribution in [0.5, 0.6) is 0 Å². The largest absolute Gasteiger partial charge is 0.344 e. The molecule has 0 N–H and O–H groups in total. The summed E-state index contributed by atoms with van der Waals surface area (Å²) >= 11 is 2.40. The van der Waals surface area contributed by atoms with E-state index in [1.807, 2.05) is 12.2 Å². The molecule has 8 rings (SSSR count). The molecule has 1 aliphatic heterocycles. The third-order valence-corrected chi connectivity index (χ3v) is 9.98. The van der Waals surface area contributed by atoms with E-state index in [2.05, 4.69) is 164 Å². The number of hydrogen-bond donors (Lipinski definition) is 0. The highest BCUT2D eigenvalue weighted by molar-refractivity contribution is 14.1. The number of hydrogen-bond acceptors (Lipinski definition) is 2. The van der Waals surface area contributed by atoms with Gasteiger partial charge in [0.1, 0.15) is 0 Å². The molecular weight excluding hydrogens is 663 g/mol. The van der Waals surface area contributed by atoms with E-state index in [-0.39, 0.29) is 0 Å². The molecule has 0 amide bonds. The zero-order valence-electron chi connectivity index (χ0n) is 24.8. The molecule has 4 nitrogen and oxygen atoms in total. The van der Waals surface area contributed by atoms with Gasteiger partial charge in [0, 0.05) is 46.0 Å². The number of aryl methyl sites for hydroxylation is 1. The van der Waals surface area contributed by atoms with E-state index >= 15 is 0 Å². The van der Waals surface area contributed by atoms with Gasteiger partial charge in [-0.2, -0.15) is 10.2 Å². The van der Waals surface area contributed by atoms with Crippen LogP contribution in [0.25, 0.3) is 65.9 Å². The number of rotatable bonds is 6. The number of halogens is 1. The molecule has 0 radical (unpaired) electrons. The molecule has 216 valence electrons. The Hall–Kier alpha value is -5.01. The van der Waals surface area contributed by atoms with Gasteiger partial charge in [-0.3, -0.25) is 2.78 Å². The monoisotopic (exact) mass is 692 g/mol. The number of allylic oxidation sites excluding steroid dienone is 4. The van der Waals surface area contributed by atoms with Gasteiger partial charge < -0.3 is 4.57 Å². The molecule has 0 saturated heterocycles. The van der Waals surface area contributed by atoms with Gasteiger partial charge in [-0.15, -0.1) is 0 Å². The van der Waals surface area contributed by atoms with Crippen LogP contribution in [0.3, 0.4) is 0 Å². The highest BCUT2D eigenvalue weighted by atomic mass is 127. The summed E-state index contributed by atoms with van der Waals surface area (Å²) in [5, 5.41) is 14.2. The normalized spacial score (nSPS) is 13.6. The van der Waals surface area contributed by atoms with Crippen molar-refractivity contribution in [1.29, 1.82) is 0 Å². The molecule has 45 heavy (non-hydrogen) atoms. The van der Waals surface area contributed by atoms with Gasteiger partial charge in [0.15, 0.2) is 0 Å². The third-order valence-electron chi connectivity index (χ3n) is 8.94. The lowest BCUT2D eigenvalue weighted by Crippen LogP contribution is -2.06. The smallest absolute Gasteiger partial charge is 0.0763 e. The standard InChI is InChI=1S/C40H29IN4/c1-4-10-25(5-2)35-24-36(43-42-35)30-20-28(26-15-17-38-33(22-26)31-11-6-8-13-37(31)44(38)3)19-29(21-30)27-16-18-40-34(23-27)32-12-7-9-14-39(32)45(40)41/h4-23H,1-2,24H2,3H3/b25-10+. The average molecular weight is 693 g/mol. The van der Waals surface area contributed by atoms with Crippen LogP contribution in [-0.2, 0) is 7.05 Å². The molecule has 0 fully saturated rings. The summed E-state index contributed by atoms with van der Waals surface area (Å²) in [5.41, 5.74) is 13.4. The van der Waals surface area contributed by atoms with Crippen LogP contribution >= 0.6 is 22.9 Å². The molecule has 0 saturated carbocycles. The Kier molecular flexibility index (Phi) is 6.64. The Morgan fingerprint density at radius 1 is 0.644 bits per heavy atom. The molecule has 2 aromatic heterocycles. The number of para-hydroxylation sites is 2. The molecule has 3 heterocycles. The maximum absolute atomic E-state index is 4.67. The summed E-state index contributed by atoms with van der Waals surface area (Å²) < 4.78 is 4.52. The van der Waals surface area contributed by atoms with E-state index in [4.69, 9.17) is 0 Å². The van der Waals surface area contributed by atoms with Crippen molar-refractivity contribution < 1.29 is 0 Å². The molecular formula is C40H29IN4. The molecule has 5 aromatic carbocycles. The zero-order valence-corrected chi connectivity index (χ0v) is 27.0. The second-order valence-corrected chi connectivity index (χ2v) is 12.4. The summed E-state index contributed by atoms with van der Waals surface area (Å²) in [7, 11) is 2.14. The predicted molar refractivity (Wildman–Crippen MR) is 201 cm³/mol. The van der Waals surface area contributed by atoms with E-state index in [0.717, 1.165) is 33.7 Å². The van der Waals surface area contributed by atoms with Crippen molar-refractivity contribution in [2.45, 2.75) is 6.42 Å². The maximum atomic E-state index is 4.67. The quantitative estimate of drug-likeness (QED) is 0.123. The second-order valence-electron chi connectivity index (χ2n) is 11.5. The summed E-state index contributed by atoms with van der Waals surface area (Å²) in [4.78, 5) is 0. The average Bonchev–Trinajstić information content (AvgIpc) is 3.77. The van der Waals surface area contributed by atoms with Crippen LogP contribution in [-0.4, -0.2) is 18.8 Å². The predicted octanol–water partition coefficient (Wildman–Crippen LogP) is 10.8. The highest BCUT2D eigenvalue weighted by Crippen LogP contribution is 2.37. The fraction of sp³-hybridized carbons (Fsp3) is 0.0500. The SMILES string of the molecule is C=C/C=C(\C=C)C1=NN=C(c2cc(-c3ccc4c(c3)c3ccccc3n4C)cc(-c3ccc4c(c3)c3ccccc3n4I)c2)C1. The summed E-state index contributed by atoms with van der Waals surface area (Å²) in [6, 6.07) is 37.6. The van der Waals surface area contributed by atoms with E-state index < -0.39 is 0 Å². The van der Waals surface area contributed by atoms with Crippen molar-refractivity contribution in [3.8, 4) is 22.3 Å². The Balaban J connectivity index is 1.31. The van der Waals surface area contributed by atoms with Crippen LogP contribution in [0, 0.1) is 0 Å². The number of nitrogens with zero attached hydrogens (tertiary/aromatic N) is 4. The Morgan fingerprint density at radius 2 is 1.20 bits per heavy atom. The molecule has 7 aromatic rings. The van der Waals surface area contributed by atoms with Crippen molar-refractivity contribution >= 4 is 77.9 Å². The van der Waals surface area contributed by atoms with Gasteiger partial charge in [-0.1, -0.05) is 79.9 Å². The Labute approximate surface area is 275 Å². The van der Waals surface area contributed by atoms with E-state index in [1.54, 1.807) is 6.08 Å². The molecule has 0 spiro atoms. The van der Waals surface area contributed by atoms with Crippen molar-refractivity contribution in [1.82, 2.24) is 7.35 Å². The van der Waals surface area contributed by atoms with Crippen LogP contribution in [0.4, 0.5) is 0 Å². The maximum Gasteiger partial charge on any atom is 0.0763 e. The van der Waals surface area contributed by atoms with Gasteiger partial charge >= 0.3 is 0 Å². The first kappa shape index (κ1) is 27.5. The molecule has 0 unspecified atom stereocenters. The van der Waals surface area contributed by atoms with Crippen molar-refractivity contribution in [2.75, 3.05) is 0 Å². The highest BCUT2D eigenvalue weighted by Gasteiger charge is 2.19. The molecule has 0 bridgehead atoms. The number of fused-ring (bicyclic) bond motifs is 6. The van der Waals surface area contributed by atoms with Gasteiger partial charge in [0.25, 0.3) is 0 Å². The Bertz CT molecular complexity index is 2330. The van der Waals surface area contributed by atoms with E-state index in [1.165, 1.54) is 54.7 Å². The topological polar surface area (TPSA) is 34.6 Å². The first-order valence-corrected chi connectivity index (χ1v) is 15.9. The van der Waals surface area contributed by atoms with Crippen LogP contribution in [0.2, 0.25) is 0 Å². The second kappa shape index (κ2) is 10.9. The van der Waals surface area contributed by atoms with E-state index in [0.29, 0.717) is 6.42 Å². The first-order valence-electron chi connectivity index (χ1n) is 15.0. The van der Waals surface area contributed by atoms with Crippen LogP contribution in [0.1, 0.15) is 12.0 Å². The lowest BCUT2D eigenvalue weighted by Gasteiger charge is -2.12. The zero-order chi connectivity index (χ0) is 30.7. The lowest BCUT2D eigenvalue weighted by molar-refractivity contribution is 1.01. The van der Waals surface area contributed by atoms with E-state index in [9.17, 15) is 0 Å². The van der Waals surface area contributed by atoms with Crippen molar-refractivity contribution in [3.05, 3.63) is 146 Å². The Morgan fingerprint density at radius 3 is 1.89 bits per heavy atom. The minimum absolute atomic E-state index is 0.637. The number of aromatic nitrogens is 2. The van der Waals surface area contributed by atoms with Crippen LogP contribution < -0.4 is 0 Å².